The predicted molar refractivity (Wildman–Crippen MR) is 95.2 cm³/mol. The lowest BCUT2D eigenvalue weighted by Gasteiger charge is -2.03. The van der Waals surface area contributed by atoms with Crippen molar-refractivity contribution in [3.05, 3.63) is 79.4 Å². The van der Waals surface area contributed by atoms with Gasteiger partial charge in [0.05, 0.1) is 5.97 Å². The van der Waals surface area contributed by atoms with Crippen LogP contribution in [0.5, 0.6) is 0 Å². The van der Waals surface area contributed by atoms with Crippen molar-refractivity contribution in [2.24, 2.45) is 0 Å². The fourth-order valence-electron chi connectivity index (χ4n) is 1.08. The molecule has 22 heavy (non-hydrogen) atoms. The van der Waals surface area contributed by atoms with Gasteiger partial charge in [-0.25, -0.2) is 0 Å². The molecule has 0 fully saturated rings. The zero-order chi connectivity index (χ0) is 17.4. The van der Waals surface area contributed by atoms with E-state index < -0.39 is 5.97 Å². The van der Waals surface area contributed by atoms with Crippen LogP contribution >= 0.6 is 0 Å². The van der Waals surface area contributed by atoms with Gasteiger partial charge in [0, 0.05) is 0 Å². The summed E-state index contributed by atoms with van der Waals surface area (Å²) in [5, 5.41) is 9.99. The van der Waals surface area contributed by atoms with Crippen LogP contribution in [0.4, 0.5) is 0 Å². The van der Waals surface area contributed by atoms with Crippen LogP contribution in [-0.4, -0.2) is 5.97 Å². The van der Waals surface area contributed by atoms with Crippen LogP contribution < -0.4 is 5.11 Å². The quantitative estimate of drug-likeness (QED) is 0.570. The lowest BCUT2D eigenvalue weighted by molar-refractivity contribution is -0.299. The van der Waals surface area contributed by atoms with E-state index in [0.29, 0.717) is 6.42 Å². The van der Waals surface area contributed by atoms with E-state index in [1.807, 2.05) is 50.3 Å². The molecule has 0 aliphatic carbocycles. The van der Waals surface area contributed by atoms with Crippen molar-refractivity contribution in [1.82, 2.24) is 0 Å². The van der Waals surface area contributed by atoms with E-state index in [4.69, 9.17) is 0 Å². The topological polar surface area (TPSA) is 40.1 Å². The number of carbonyl (C=O) groups is 1. The minimum Gasteiger partial charge on any atom is -0.545 e. The first-order chi connectivity index (χ1) is 10.4. The first-order valence-electron chi connectivity index (χ1n) is 7.23. The van der Waals surface area contributed by atoms with Crippen molar-refractivity contribution < 1.29 is 9.90 Å². The van der Waals surface area contributed by atoms with Gasteiger partial charge in [0.2, 0.25) is 0 Å². The van der Waals surface area contributed by atoms with E-state index in [1.165, 1.54) is 5.56 Å². The maximum absolute atomic E-state index is 9.99. The van der Waals surface area contributed by atoms with Gasteiger partial charge < -0.3 is 9.90 Å². The van der Waals surface area contributed by atoms with Gasteiger partial charge in [0.25, 0.3) is 0 Å². The van der Waals surface area contributed by atoms with Crippen LogP contribution in [0, 0.1) is 0 Å². The lowest BCUT2D eigenvalue weighted by Crippen LogP contribution is -2.23. The van der Waals surface area contributed by atoms with Crippen LogP contribution in [0.3, 0.4) is 0 Å². The number of hydrogen-bond acceptors (Lipinski definition) is 2. The molecule has 0 spiro atoms. The molecule has 120 valence electrons. The Morgan fingerprint density at radius 1 is 1.18 bits per heavy atom. The lowest BCUT2D eigenvalue weighted by atomic mass is 10.1. The summed E-state index contributed by atoms with van der Waals surface area (Å²) in [4.78, 5) is 9.99. The summed E-state index contributed by atoms with van der Waals surface area (Å²) in [5.74, 6) is -1.12. The zero-order valence-electron chi connectivity index (χ0n) is 13.8. The zero-order valence-corrected chi connectivity index (χ0v) is 13.8. The summed E-state index contributed by atoms with van der Waals surface area (Å²) in [6.45, 7) is 17.9. The molecule has 0 bridgehead atoms. The molecule has 1 rings (SSSR count). The van der Waals surface area contributed by atoms with Gasteiger partial charge >= 0.3 is 0 Å². The second kappa shape index (κ2) is 15.0. The number of rotatable bonds is 6. The van der Waals surface area contributed by atoms with Crippen LogP contribution in [-0.2, 0) is 4.79 Å². The first-order valence-corrected chi connectivity index (χ1v) is 7.23. The summed E-state index contributed by atoms with van der Waals surface area (Å²) in [5.41, 5.74) is 2.40. The second-order valence-corrected chi connectivity index (χ2v) is 4.66. The highest BCUT2D eigenvalue weighted by atomic mass is 16.4. The molecule has 1 aromatic rings. The molecule has 0 saturated heterocycles. The number of unbranched alkanes of at least 4 members (excludes halogenated alkanes) is 1. The Hall–Kier alpha value is -2.35. The van der Waals surface area contributed by atoms with Gasteiger partial charge in [0.15, 0.2) is 0 Å². The Kier molecular flexibility index (Phi) is 15.0. The molecular weight excluding hydrogens is 272 g/mol. The van der Waals surface area contributed by atoms with Crippen LogP contribution in [0.1, 0.15) is 38.7 Å². The van der Waals surface area contributed by atoms with E-state index in [-0.39, 0.29) is 5.57 Å². The molecule has 2 heteroatoms. The third-order valence-corrected chi connectivity index (χ3v) is 2.50. The van der Waals surface area contributed by atoms with Gasteiger partial charge in [-0.05, 0) is 30.9 Å². The highest BCUT2D eigenvalue weighted by Gasteiger charge is 1.91. The van der Waals surface area contributed by atoms with Crippen LogP contribution in [0.15, 0.2) is 73.9 Å². The molecule has 2 nitrogen and oxygen atoms in total. The van der Waals surface area contributed by atoms with Crippen LogP contribution in [0.2, 0.25) is 0 Å². The number of aliphatic carboxylic acids is 1. The minimum absolute atomic E-state index is 0.205. The molecule has 0 saturated carbocycles. The first kappa shape index (κ1) is 21.9. The summed E-state index contributed by atoms with van der Waals surface area (Å²) < 4.78 is 0. The maximum Gasteiger partial charge on any atom is 0.0668 e. The number of benzene rings is 1. The summed E-state index contributed by atoms with van der Waals surface area (Å²) in [6, 6.07) is 10.0. The molecule has 0 amide bonds. The SMILES string of the molecule is C=C(CCCC)C(=O)[O-].C=CC(=C)C.C=Cc1ccccc1. The van der Waals surface area contributed by atoms with Crippen molar-refractivity contribution in [2.45, 2.75) is 33.1 Å². The van der Waals surface area contributed by atoms with Gasteiger partial charge in [-0.15, -0.1) is 0 Å². The van der Waals surface area contributed by atoms with Crippen molar-refractivity contribution >= 4 is 12.0 Å². The third kappa shape index (κ3) is 15.7. The van der Waals surface area contributed by atoms with Gasteiger partial charge in [-0.2, -0.15) is 0 Å². The number of carboxylic acid groups (broad SMARTS) is 1. The van der Waals surface area contributed by atoms with Crippen LogP contribution in [0.25, 0.3) is 6.08 Å². The molecule has 0 N–H and O–H groups in total. The Morgan fingerprint density at radius 2 is 1.68 bits per heavy atom. The summed E-state index contributed by atoms with van der Waals surface area (Å²) in [6.07, 6.45) is 5.98. The molecule has 1 aromatic carbocycles. The van der Waals surface area contributed by atoms with Gasteiger partial charge in [-0.3, -0.25) is 0 Å². The molecule has 0 unspecified atom stereocenters. The van der Waals surface area contributed by atoms with E-state index in [9.17, 15) is 9.90 Å². The number of carboxylic acids is 1. The fraction of sp³-hybridized carbons (Fsp3) is 0.250. The normalized spacial score (nSPS) is 8.27. The molecule has 0 aliphatic rings. The smallest absolute Gasteiger partial charge is 0.0668 e. The Bertz CT molecular complexity index is 470. The Balaban J connectivity index is 0. The largest absolute Gasteiger partial charge is 0.545 e. The highest BCUT2D eigenvalue weighted by molar-refractivity contribution is 5.83. The van der Waals surface area contributed by atoms with Gasteiger partial charge in [-0.1, -0.05) is 87.7 Å². The fourth-order valence-corrected chi connectivity index (χ4v) is 1.08. The number of allylic oxidation sites excluding steroid dienone is 2. The molecule has 0 heterocycles. The standard InChI is InChI=1S/C8H8.C7H12O2.C5H8/c1-2-8-6-4-3-5-7-8;1-3-4-5-6(2)7(8)9;1-4-5(2)3/h2-7H,1H2;2-5H2,1H3,(H,8,9);4H,1-2H2,3H3/p-1. The number of carbonyl (C=O) groups excluding carboxylic acids is 1. The second-order valence-electron chi connectivity index (χ2n) is 4.66. The molecule has 0 aliphatic heterocycles. The third-order valence-electron chi connectivity index (χ3n) is 2.50. The molecule has 0 aromatic heterocycles. The summed E-state index contributed by atoms with van der Waals surface area (Å²) >= 11 is 0. The van der Waals surface area contributed by atoms with E-state index in [1.54, 1.807) is 6.08 Å². The Morgan fingerprint density at radius 3 is 1.95 bits per heavy atom. The van der Waals surface area contributed by atoms with E-state index >= 15 is 0 Å². The predicted octanol–water partition coefficient (Wildman–Crippen LogP) is 4.56. The van der Waals surface area contributed by atoms with E-state index in [2.05, 4.69) is 26.3 Å². The summed E-state index contributed by atoms with van der Waals surface area (Å²) in [7, 11) is 0. The minimum atomic E-state index is -1.12. The molecular formula is C20H27O2-. The molecule has 0 radical (unpaired) electrons. The molecule has 0 atom stereocenters. The highest BCUT2D eigenvalue weighted by Crippen LogP contribution is 2.02. The van der Waals surface area contributed by atoms with Crippen molar-refractivity contribution in [1.29, 1.82) is 0 Å². The van der Waals surface area contributed by atoms with E-state index in [0.717, 1.165) is 18.4 Å². The van der Waals surface area contributed by atoms with Crippen molar-refractivity contribution in [3.8, 4) is 0 Å². The monoisotopic (exact) mass is 299 g/mol. The number of hydrogen-bond donors (Lipinski definition) is 0. The van der Waals surface area contributed by atoms with Gasteiger partial charge in [0.1, 0.15) is 0 Å². The average Bonchev–Trinajstić information content (AvgIpc) is 2.54. The average molecular weight is 299 g/mol. The van der Waals surface area contributed by atoms with Crippen molar-refractivity contribution in [2.75, 3.05) is 0 Å². The van der Waals surface area contributed by atoms with Crippen molar-refractivity contribution in [3.63, 3.8) is 0 Å². The maximum atomic E-state index is 9.99. The Labute approximate surface area is 135 Å².